The number of ether oxygens (including phenoxy) is 2. The van der Waals surface area contributed by atoms with Crippen LogP contribution in [0.3, 0.4) is 0 Å². The molecule has 2 N–H and O–H groups in total. The lowest BCUT2D eigenvalue weighted by Gasteiger charge is -2.09. The first kappa shape index (κ1) is 13.8. The zero-order chi connectivity index (χ0) is 12.5. The highest BCUT2D eigenvalue weighted by Crippen LogP contribution is 2.27. The van der Waals surface area contributed by atoms with Crippen LogP contribution in [0.2, 0.25) is 0 Å². The van der Waals surface area contributed by atoms with E-state index in [0.717, 1.165) is 18.0 Å². The molecule has 0 aliphatic carbocycles. The Morgan fingerprint density at radius 2 is 1.82 bits per heavy atom. The Morgan fingerprint density at radius 3 is 2.47 bits per heavy atom. The summed E-state index contributed by atoms with van der Waals surface area (Å²) < 4.78 is 10.5. The van der Waals surface area contributed by atoms with Crippen molar-refractivity contribution in [2.75, 3.05) is 20.8 Å². The fraction of sp³-hybridized carbons (Fsp3) is 0.571. The van der Waals surface area contributed by atoms with Crippen molar-refractivity contribution in [1.82, 2.24) is 0 Å². The van der Waals surface area contributed by atoms with Gasteiger partial charge in [0.15, 0.2) is 11.5 Å². The fourth-order valence-corrected chi connectivity index (χ4v) is 1.82. The highest BCUT2D eigenvalue weighted by molar-refractivity contribution is 5.42. The molecule has 0 saturated carbocycles. The predicted octanol–water partition coefficient (Wildman–Crippen LogP) is 1.96. The Kier molecular flexibility index (Phi) is 6.48. The van der Waals surface area contributed by atoms with Crippen molar-refractivity contribution < 1.29 is 14.8 Å². The fourth-order valence-electron chi connectivity index (χ4n) is 1.82. The van der Waals surface area contributed by atoms with Gasteiger partial charge in [0.05, 0.1) is 20.8 Å². The van der Waals surface area contributed by atoms with E-state index < -0.39 is 0 Å². The lowest BCUT2D eigenvalue weighted by Crippen LogP contribution is -2.82. The molecule has 1 aromatic carbocycles. The maximum absolute atomic E-state index is 5.28. The summed E-state index contributed by atoms with van der Waals surface area (Å²) in [4.78, 5) is 0. The molecule has 1 rings (SSSR count). The Labute approximate surface area is 104 Å². The van der Waals surface area contributed by atoms with Crippen LogP contribution >= 0.6 is 0 Å². The van der Waals surface area contributed by atoms with Crippen LogP contribution in [0, 0.1) is 0 Å². The standard InChI is InChI=1S/C14H23NO2/c1-4-5-6-9-15-11-12-7-8-13(16-2)14(10-12)17-3/h7-8,10,15H,4-6,9,11H2,1-3H3/p+1. The Hall–Kier alpha value is -1.22. The van der Waals surface area contributed by atoms with Gasteiger partial charge in [-0.2, -0.15) is 0 Å². The van der Waals surface area contributed by atoms with Gasteiger partial charge in [-0.05, 0) is 31.0 Å². The number of methoxy groups -OCH3 is 2. The number of unbranched alkanes of at least 4 members (excludes halogenated alkanes) is 2. The number of hydrogen-bond donors (Lipinski definition) is 1. The normalized spacial score (nSPS) is 10.3. The second-order valence-electron chi connectivity index (χ2n) is 4.18. The van der Waals surface area contributed by atoms with Gasteiger partial charge >= 0.3 is 0 Å². The van der Waals surface area contributed by atoms with Gasteiger partial charge in [0, 0.05) is 5.56 Å². The molecule has 96 valence electrons. The predicted molar refractivity (Wildman–Crippen MR) is 69.6 cm³/mol. The van der Waals surface area contributed by atoms with E-state index in [9.17, 15) is 0 Å². The maximum atomic E-state index is 5.28. The summed E-state index contributed by atoms with van der Waals surface area (Å²) in [5.41, 5.74) is 1.28. The van der Waals surface area contributed by atoms with Crippen molar-refractivity contribution >= 4 is 0 Å². The number of hydrogen-bond acceptors (Lipinski definition) is 2. The van der Waals surface area contributed by atoms with Crippen LogP contribution in [0.1, 0.15) is 31.7 Å². The third kappa shape index (κ3) is 4.65. The first-order valence-corrected chi connectivity index (χ1v) is 6.34. The van der Waals surface area contributed by atoms with E-state index in [1.807, 2.05) is 6.07 Å². The summed E-state index contributed by atoms with van der Waals surface area (Å²) in [5, 5.41) is 2.34. The zero-order valence-electron chi connectivity index (χ0n) is 11.2. The van der Waals surface area contributed by atoms with E-state index >= 15 is 0 Å². The first-order chi connectivity index (χ1) is 8.31. The van der Waals surface area contributed by atoms with E-state index in [-0.39, 0.29) is 0 Å². The number of rotatable bonds is 8. The van der Waals surface area contributed by atoms with Crippen molar-refractivity contribution in [2.24, 2.45) is 0 Å². The minimum Gasteiger partial charge on any atom is -0.493 e. The molecule has 0 aromatic heterocycles. The summed E-state index contributed by atoms with van der Waals surface area (Å²) >= 11 is 0. The van der Waals surface area contributed by atoms with Crippen molar-refractivity contribution in [3.8, 4) is 11.5 Å². The van der Waals surface area contributed by atoms with Crippen LogP contribution in [0.5, 0.6) is 11.5 Å². The lowest BCUT2D eigenvalue weighted by atomic mass is 10.2. The molecule has 0 heterocycles. The molecule has 3 heteroatoms. The topological polar surface area (TPSA) is 35.1 Å². The Bertz CT molecular complexity index is 326. The highest BCUT2D eigenvalue weighted by atomic mass is 16.5. The van der Waals surface area contributed by atoms with Gasteiger partial charge in [0.1, 0.15) is 6.54 Å². The molecule has 0 amide bonds. The third-order valence-corrected chi connectivity index (χ3v) is 2.84. The van der Waals surface area contributed by atoms with E-state index in [1.165, 1.54) is 31.4 Å². The minimum absolute atomic E-state index is 0.794. The minimum atomic E-state index is 0.794. The van der Waals surface area contributed by atoms with Gasteiger partial charge in [-0.1, -0.05) is 13.3 Å². The number of nitrogens with two attached hydrogens (primary N) is 1. The number of quaternary nitrogens is 1. The average molecular weight is 238 g/mol. The molecular formula is C14H24NO2+. The molecule has 0 unspecified atom stereocenters. The van der Waals surface area contributed by atoms with Crippen LogP contribution in [-0.4, -0.2) is 20.8 Å². The SMILES string of the molecule is CCCCC[NH2+]Cc1ccc(OC)c(OC)c1. The summed E-state index contributed by atoms with van der Waals surface area (Å²) in [7, 11) is 3.33. The van der Waals surface area contributed by atoms with Gasteiger partial charge in [-0.15, -0.1) is 0 Å². The van der Waals surface area contributed by atoms with Crippen molar-refractivity contribution in [3.05, 3.63) is 23.8 Å². The summed E-state index contributed by atoms with van der Waals surface area (Å²) in [6.45, 7) is 4.43. The lowest BCUT2D eigenvalue weighted by molar-refractivity contribution is -0.671. The van der Waals surface area contributed by atoms with Crippen LogP contribution in [0.25, 0.3) is 0 Å². The number of benzene rings is 1. The molecule has 3 nitrogen and oxygen atoms in total. The molecule has 0 aliphatic heterocycles. The van der Waals surface area contributed by atoms with E-state index in [2.05, 4.69) is 24.4 Å². The Balaban J connectivity index is 2.43. The smallest absolute Gasteiger partial charge is 0.161 e. The molecule has 0 fully saturated rings. The molecule has 0 radical (unpaired) electrons. The molecule has 0 saturated heterocycles. The van der Waals surface area contributed by atoms with Crippen molar-refractivity contribution in [1.29, 1.82) is 0 Å². The van der Waals surface area contributed by atoms with E-state index in [4.69, 9.17) is 9.47 Å². The second kappa shape index (κ2) is 7.96. The molecular weight excluding hydrogens is 214 g/mol. The molecule has 0 atom stereocenters. The van der Waals surface area contributed by atoms with E-state index in [0.29, 0.717) is 0 Å². The summed E-state index contributed by atoms with van der Waals surface area (Å²) in [6, 6.07) is 6.11. The van der Waals surface area contributed by atoms with Gasteiger partial charge in [0.25, 0.3) is 0 Å². The van der Waals surface area contributed by atoms with Crippen molar-refractivity contribution in [3.63, 3.8) is 0 Å². The third-order valence-electron chi connectivity index (χ3n) is 2.84. The van der Waals surface area contributed by atoms with Gasteiger partial charge in [-0.25, -0.2) is 0 Å². The van der Waals surface area contributed by atoms with Crippen molar-refractivity contribution in [2.45, 2.75) is 32.7 Å². The van der Waals surface area contributed by atoms with Crippen LogP contribution in [0.4, 0.5) is 0 Å². The second-order valence-corrected chi connectivity index (χ2v) is 4.18. The molecule has 17 heavy (non-hydrogen) atoms. The molecule has 0 aliphatic rings. The Morgan fingerprint density at radius 1 is 1.06 bits per heavy atom. The summed E-state index contributed by atoms with van der Waals surface area (Å²) in [5.74, 6) is 1.61. The monoisotopic (exact) mass is 238 g/mol. The zero-order valence-corrected chi connectivity index (χ0v) is 11.2. The van der Waals surface area contributed by atoms with Crippen LogP contribution in [0.15, 0.2) is 18.2 Å². The van der Waals surface area contributed by atoms with Gasteiger partial charge < -0.3 is 14.8 Å². The van der Waals surface area contributed by atoms with Crippen LogP contribution in [-0.2, 0) is 6.54 Å². The molecule has 1 aromatic rings. The quantitative estimate of drug-likeness (QED) is 0.703. The first-order valence-electron chi connectivity index (χ1n) is 6.34. The maximum Gasteiger partial charge on any atom is 0.161 e. The van der Waals surface area contributed by atoms with E-state index in [1.54, 1.807) is 14.2 Å². The van der Waals surface area contributed by atoms with Crippen LogP contribution < -0.4 is 14.8 Å². The summed E-state index contributed by atoms with van der Waals surface area (Å²) in [6.07, 6.45) is 3.90. The molecule has 0 bridgehead atoms. The highest BCUT2D eigenvalue weighted by Gasteiger charge is 2.05. The van der Waals surface area contributed by atoms with Gasteiger partial charge in [-0.3, -0.25) is 0 Å². The largest absolute Gasteiger partial charge is 0.493 e. The molecule has 0 spiro atoms. The average Bonchev–Trinajstić information content (AvgIpc) is 2.38. The van der Waals surface area contributed by atoms with Gasteiger partial charge in [0.2, 0.25) is 0 Å².